The highest BCUT2D eigenvalue weighted by Crippen LogP contribution is 2.18. The third-order valence-electron chi connectivity index (χ3n) is 4.27. The van der Waals surface area contributed by atoms with Crippen molar-refractivity contribution in [1.82, 2.24) is 5.32 Å². The van der Waals surface area contributed by atoms with Crippen LogP contribution in [0.4, 0.5) is 5.69 Å². The fraction of sp³-hybridized carbons (Fsp3) is 0.318. The van der Waals surface area contributed by atoms with Crippen LogP contribution < -0.4 is 15.4 Å². The molecule has 0 heterocycles. The molecule has 7 heteroatoms. The maximum absolute atomic E-state index is 12.2. The zero-order valence-corrected chi connectivity index (χ0v) is 17.0. The molecule has 1 unspecified atom stereocenters. The number of methoxy groups -OCH3 is 1. The number of nitrogens with one attached hydrogen (secondary N) is 2. The molecule has 154 valence electrons. The minimum atomic E-state index is -1.00. The van der Waals surface area contributed by atoms with Crippen LogP contribution in [0.1, 0.15) is 42.6 Å². The standard InChI is InChI=1S/C22H26N2O5/c1-14(2)16-9-11-17(12-10-16)24-21(26)15(3)29-20(25)13-23-22(27)18-7-5-6-8-19(18)28-4/h5-12,14-15H,13H2,1-4H3,(H,23,27)(H,24,26). The van der Waals surface area contributed by atoms with E-state index in [2.05, 4.69) is 24.5 Å². The summed E-state index contributed by atoms with van der Waals surface area (Å²) in [6, 6.07) is 14.1. The molecule has 0 saturated carbocycles. The SMILES string of the molecule is COc1ccccc1C(=O)NCC(=O)OC(C)C(=O)Nc1ccc(C(C)C)cc1. The summed E-state index contributed by atoms with van der Waals surface area (Å²) in [6.45, 7) is 5.28. The van der Waals surface area contributed by atoms with E-state index in [0.717, 1.165) is 5.56 Å². The molecule has 0 spiro atoms. The van der Waals surface area contributed by atoms with Gasteiger partial charge in [-0.2, -0.15) is 0 Å². The van der Waals surface area contributed by atoms with Crippen molar-refractivity contribution >= 4 is 23.5 Å². The van der Waals surface area contributed by atoms with E-state index in [0.29, 0.717) is 22.9 Å². The fourth-order valence-corrected chi connectivity index (χ4v) is 2.57. The smallest absolute Gasteiger partial charge is 0.326 e. The van der Waals surface area contributed by atoms with E-state index in [4.69, 9.17) is 9.47 Å². The Balaban J connectivity index is 1.83. The molecule has 0 aliphatic heterocycles. The molecule has 0 fully saturated rings. The van der Waals surface area contributed by atoms with Crippen LogP contribution in [0.3, 0.4) is 0 Å². The first-order valence-corrected chi connectivity index (χ1v) is 9.33. The van der Waals surface area contributed by atoms with E-state index in [1.165, 1.54) is 14.0 Å². The highest BCUT2D eigenvalue weighted by atomic mass is 16.5. The van der Waals surface area contributed by atoms with E-state index < -0.39 is 23.9 Å². The number of hydrogen-bond donors (Lipinski definition) is 2. The van der Waals surface area contributed by atoms with E-state index in [-0.39, 0.29) is 6.54 Å². The lowest BCUT2D eigenvalue weighted by molar-refractivity contribution is -0.152. The summed E-state index contributed by atoms with van der Waals surface area (Å²) in [4.78, 5) is 36.4. The highest BCUT2D eigenvalue weighted by molar-refractivity contribution is 5.99. The van der Waals surface area contributed by atoms with Crippen LogP contribution in [0.15, 0.2) is 48.5 Å². The van der Waals surface area contributed by atoms with Gasteiger partial charge in [0.05, 0.1) is 12.7 Å². The maximum atomic E-state index is 12.2. The molecule has 2 aromatic rings. The van der Waals surface area contributed by atoms with Crippen LogP contribution >= 0.6 is 0 Å². The molecular formula is C22H26N2O5. The van der Waals surface area contributed by atoms with Crippen LogP contribution in [0.25, 0.3) is 0 Å². The molecule has 29 heavy (non-hydrogen) atoms. The number of amides is 2. The summed E-state index contributed by atoms with van der Waals surface area (Å²) in [5.41, 5.74) is 2.08. The second-order valence-corrected chi connectivity index (χ2v) is 6.78. The molecule has 2 aromatic carbocycles. The highest BCUT2D eigenvalue weighted by Gasteiger charge is 2.19. The number of ether oxygens (including phenoxy) is 2. The first-order valence-electron chi connectivity index (χ1n) is 9.33. The topological polar surface area (TPSA) is 93.7 Å². The predicted molar refractivity (Wildman–Crippen MR) is 110 cm³/mol. The summed E-state index contributed by atoms with van der Waals surface area (Å²) in [5, 5.41) is 5.16. The van der Waals surface area contributed by atoms with Crippen LogP contribution in [0, 0.1) is 0 Å². The maximum Gasteiger partial charge on any atom is 0.326 e. The van der Waals surface area contributed by atoms with Crippen molar-refractivity contribution in [2.24, 2.45) is 0 Å². The van der Waals surface area contributed by atoms with Gasteiger partial charge in [-0.25, -0.2) is 0 Å². The molecular weight excluding hydrogens is 372 g/mol. The Morgan fingerprint density at radius 2 is 1.62 bits per heavy atom. The van der Waals surface area contributed by atoms with Gasteiger partial charge in [0.15, 0.2) is 6.10 Å². The molecule has 2 N–H and O–H groups in total. The summed E-state index contributed by atoms with van der Waals surface area (Å²) in [7, 11) is 1.46. The minimum absolute atomic E-state index is 0.304. The van der Waals surface area contributed by atoms with E-state index in [1.807, 2.05) is 12.1 Å². The lowest BCUT2D eigenvalue weighted by atomic mass is 10.0. The van der Waals surface area contributed by atoms with Gasteiger partial charge in [-0.05, 0) is 42.7 Å². The third kappa shape index (κ3) is 6.34. The van der Waals surface area contributed by atoms with E-state index in [9.17, 15) is 14.4 Å². The van der Waals surface area contributed by atoms with Crippen molar-refractivity contribution < 1.29 is 23.9 Å². The van der Waals surface area contributed by atoms with Gasteiger partial charge in [0.1, 0.15) is 12.3 Å². The molecule has 7 nitrogen and oxygen atoms in total. The van der Waals surface area contributed by atoms with E-state index in [1.54, 1.807) is 36.4 Å². The van der Waals surface area contributed by atoms with Crippen LogP contribution in [-0.4, -0.2) is 37.5 Å². The number of carbonyl (C=O) groups is 3. The number of hydrogen-bond acceptors (Lipinski definition) is 5. The Labute approximate surface area is 170 Å². The monoisotopic (exact) mass is 398 g/mol. The Hall–Kier alpha value is -3.35. The Bertz CT molecular complexity index is 862. The minimum Gasteiger partial charge on any atom is -0.496 e. The van der Waals surface area contributed by atoms with Crippen molar-refractivity contribution in [3.05, 3.63) is 59.7 Å². The summed E-state index contributed by atoms with van der Waals surface area (Å²) in [6.07, 6.45) is -1.00. The predicted octanol–water partition coefficient (Wildman–Crippen LogP) is 3.12. The van der Waals surface area contributed by atoms with Crippen molar-refractivity contribution in [2.45, 2.75) is 32.8 Å². The van der Waals surface area contributed by atoms with Crippen molar-refractivity contribution in [3.63, 3.8) is 0 Å². The average molecular weight is 398 g/mol. The molecule has 1 atom stereocenters. The lowest BCUT2D eigenvalue weighted by Crippen LogP contribution is -2.36. The van der Waals surface area contributed by atoms with Crippen LogP contribution in [-0.2, 0) is 14.3 Å². The average Bonchev–Trinajstić information content (AvgIpc) is 2.72. The molecule has 0 radical (unpaired) electrons. The molecule has 2 amide bonds. The molecule has 0 aliphatic rings. The number of carbonyl (C=O) groups excluding carboxylic acids is 3. The summed E-state index contributed by atoms with van der Waals surface area (Å²) >= 11 is 0. The summed E-state index contributed by atoms with van der Waals surface area (Å²) in [5.74, 6) is -0.847. The second kappa shape index (κ2) is 10.3. The first kappa shape index (κ1) is 21.9. The van der Waals surface area contributed by atoms with Gasteiger partial charge in [-0.3, -0.25) is 14.4 Å². The zero-order chi connectivity index (χ0) is 21.4. The van der Waals surface area contributed by atoms with E-state index >= 15 is 0 Å². The quantitative estimate of drug-likeness (QED) is 0.667. The third-order valence-corrected chi connectivity index (χ3v) is 4.27. The zero-order valence-electron chi connectivity index (χ0n) is 17.0. The lowest BCUT2D eigenvalue weighted by Gasteiger charge is -2.15. The normalized spacial score (nSPS) is 11.5. The van der Waals surface area contributed by atoms with Gasteiger partial charge in [0, 0.05) is 5.69 Å². The Morgan fingerprint density at radius 3 is 2.24 bits per heavy atom. The first-order chi connectivity index (χ1) is 13.8. The number of rotatable bonds is 8. The largest absolute Gasteiger partial charge is 0.496 e. The van der Waals surface area contributed by atoms with Gasteiger partial charge >= 0.3 is 5.97 Å². The van der Waals surface area contributed by atoms with Crippen LogP contribution in [0.2, 0.25) is 0 Å². The number of benzene rings is 2. The number of para-hydroxylation sites is 1. The molecule has 0 aromatic heterocycles. The Kier molecular flexibility index (Phi) is 7.77. The summed E-state index contributed by atoms with van der Waals surface area (Å²) < 4.78 is 10.2. The number of anilines is 1. The van der Waals surface area contributed by atoms with Crippen molar-refractivity contribution in [2.75, 3.05) is 19.0 Å². The molecule has 0 aliphatic carbocycles. The van der Waals surface area contributed by atoms with Crippen LogP contribution in [0.5, 0.6) is 5.75 Å². The second-order valence-electron chi connectivity index (χ2n) is 6.78. The van der Waals surface area contributed by atoms with Gasteiger partial charge in [0.2, 0.25) is 0 Å². The van der Waals surface area contributed by atoms with Crippen molar-refractivity contribution in [3.8, 4) is 5.75 Å². The fourth-order valence-electron chi connectivity index (χ4n) is 2.57. The van der Waals surface area contributed by atoms with Gasteiger partial charge in [-0.15, -0.1) is 0 Å². The molecule has 2 rings (SSSR count). The molecule has 0 saturated heterocycles. The van der Waals surface area contributed by atoms with Gasteiger partial charge < -0.3 is 20.1 Å². The molecule has 0 bridgehead atoms. The van der Waals surface area contributed by atoms with Crippen molar-refractivity contribution in [1.29, 1.82) is 0 Å². The van der Waals surface area contributed by atoms with Gasteiger partial charge in [-0.1, -0.05) is 38.1 Å². The Morgan fingerprint density at radius 1 is 0.966 bits per heavy atom. The number of esters is 1. The van der Waals surface area contributed by atoms with Gasteiger partial charge in [0.25, 0.3) is 11.8 Å².